The second-order valence-electron chi connectivity index (χ2n) is 5.04. The van der Waals surface area contributed by atoms with Crippen LogP contribution in [0, 0.1) is 23.6 Å². The van der Waals surface area contributed by atoms with E-state index in [9.17, 15) is 9.18 Å². The molecule has 0 saturated heterocycles. The van der Waals surface area contributed by atoms with Gasteiger partial charge in [0, 0.05) is 12.1 Å². The third-order valence-corrected chi connectivity index (χ3v) is 3.61. The highest BCUT2D eigenvalue weighted by molar-refractivity contribution is 5.96. The van der Waals surface area contributed by atoms with Crippen LogP contribution in [0.5, 0.6) is 0 Å². The Morgan fingerprint density at radius 2 is 2.25 bits per heavy atom. The van der Waals surface area contributed by atoms with E-state index < -0.39 is 5.82 Å². The van der Waals surface area contributed by atoms with E-state index in [4.69, 9.17) is 5.73 Å². The van der Waals surface area contributed by atoms with Crippen LogP contribution in [0.3, 0.4) is 0 Å². The van der Waals surface area contributed by atoms with E-state index in [1.807, 2.05) is 0 Å². The Balaban J connectivity index is 2.00. The van der Waals surface area contributed by atoms with Crippen molar-refractivity contribution in [2.24, 2.45) is 11.7 Å². The van der Waals surface area contributed by atoms with Gasteiger partial charge in [0.1, 0.15) is 5.82 Å². The van der Waals surface area contributed by atoms with Gasteiger partial charge in [0.2, 0.25) is 0 Å². The summed E-state index contributed by atoms with van der Waals surface area (Å²) in [6, 6.07) is 4.01. The summed E-state index contributed by atoms with van der Waals surface area (Å²) < 4.78 is 13.2. The highest BCUT2D eigenvalue weighted by Gasteiger charge is 2.17. The van der Waals surface area contributed by atoms with Gasteiger partial charge in [0.05, 0.1) is 12.1 Å². The van der Waals surface area contributed by atoms with Gasteiger partial charge in [-0.3, -0.25) is 4.79 Å². The van der Waals surface area contributed by atoms with Gasteiger partial charge in [-0.15, -0.1) is 0 Å². The summed E-state index contributed by atoms with van der Waals surface area (Å²) in [4.78, 5) is 12.1. The van der Waals surface area contributed by atoms with Gasteiger partial charge in [0.25, 0.3) is 5.91 Å². The minimum atomic E-state index is -0.405. The van der Waals surface area contributed by atoms with Crippen molar-refractivity contribution in [2.75, 3.05) is 13.1 Å². The second kappa shape index (κ2) is 7.06. The molecule has 0 unspecified atom stereocenters. The Morgan fingerprint density at radius 3 is 2.90 bits per heavy atom. The molecule has 1 fully saturated rings. The van der Waals surface area contributed by atoms with E-state index in [1.54, 1.807) is 0 Å². The smallest absolute Gasteiger partial charge is 0.252 e. The average Bonchev–Trinajstić information content (AvgIpc) is 2.39. The number of hydrogen-bond donors (Lipinski definition) is 2. The molecule has 1 aliphatic rings. The van der Waals surface area contributed by atoms with Gasteiger partial charge in [-0.25, -0.2) is 4.39 Å². The quantitative estimate of drug-likeness (QED) is 0.826. The molecule has 4 heteroatoms. The molecule has 0 atom stereocenters. The van der Waals surface area contributed by atoms with Crippen LogP contribution in [0.15, 0.2) is 18.2 Å². The molecule has 106 valence electrons. The lowest BCUT2D eigenvalue weighted by molar-refractivity contribution is 0.0948. The molecular weight excluding hydrogens is 255 g/mol. The summed E-state index contributed by atoms with van der Waals surface area (Å²) in [6.45, 7) is 0.837. The van der Waals surface area contributed by atoms with Crippen LogP contribution < -0.4 is 11.1 Å². The number of benzene rings is 1. The van der Waals surface area contributed by atoms with Crippen LogP contribution in [0.2, 0.25) is 0 Å². The van der Waals surface area contributed by atoms with Crippen molar-refractivity contribution in [3.63, 3.8) is 0 Å². The molecule has 1 aliphatic carbocycles. The van der Waals surface area contributed by atoms with Gasteiger partial charge in [-0.05, 0) is 30.5 Å². The Morgan fingerprint density at radius 1 is 1.45 bits per heavy atom. The Labute approximate surface area is 118 Å². The molecule has 2 rings (SSSR count). The van der Waals surface area contributed by atoms with Crippen LogP contribution in [0.1, 0.15) is 41.6 Å². The zero-order valence-electron chi connectivity index (χ0n) is 11.4. The molecule has 0 spiro atoms. The van der Waals surface area contributed by atoms with Crippen LogP contribution in [0.4, 0.5) is 4.39 Å². The predicted octanol–water partition coefficient (Wildman–Crippen LogP) is 2.06. The van der Waals surface area contributed by atoms with Crippen molar-refractivity contribution in [1.82, 2.24) is 5.32 Å². The van der Waals surface area contributed by atoms with Crippen LogP contribution in [-0.2, 0) is 0 Å². The summed E-state index contributed by atoms with van der Waals surface area (Å²) in [5.74, 6) is 5.53. The van der Waals surface area contributed by atoms with Crippen LogP contribution in [-0.4, -0.2) is 19.0 Å². The van der Waals surface area contributed by atoms with Crippen molar-refractivity contribution in [1.29, 1.82) is 0 Å². The van der Waals surface area contributed by atoms with E-state index >= 15 is 0 Å². The summed E-state index contributed by atoms with van der Waals surface area (Å²) in [5, 5.41) is 2.87. The number of amides is 1. The number of halogens is 1. The highest BCUT2D eigenvalue weighted by atomic mass is 19.1. The number of nitrogens with two attached hydrogens (primary N) is 1. The van der Waals surface area contributed by atoms with E-state index in [0.29, 0.717) is 17.7 Å². The summed E-state index contributed by atoms with van der Waals surface area (Å²) >= 11 is 0. The van der Waals surface area contributed by atoms with E-state index in [1.165, 1.54) is 37.5 Å². The van der Waals surface area contributed by atoms with E-state index in [-0.39, 0.29) is 12.5 Å². The number of carbonyl (C=O) groups excluding carboxylic acids is 1. The largest absolute Gasteiger partial charge is 0.352 e. The number of nitrogens with one attached hydrogen (secondary N) is 1. The minimum absolute atomic E-state index is 0.180. The molecule has 0 heterocycles. The zero-order valence-corrected chi connectivity index (χ0v) is 11.4. The number of hydrogen-bond acceptors (Lipinski definition) is 2. The van der Waals surface area contributed by atoms with E-state index in [2.05, 4.69) is 17.2 Å². The second-order valence-corrected chi connectivity index (χ2v) is 5.04. The first-order valence-corrected chi connectivity index (χ1v) is 6.97. The van der Waals surface area contributed by atoms with Gasteiger partial charge >= 0.3 is 0 Å². The summed E-state index contributed by atoms with van der Waals surface area (Å²) in [5.41, 5.74) is 6.10. The first-order chi connectivity index (χ1) is 9.70. The Kier molecular flexibility index (Phi) is 5.14. The maximum Gasteiger partial charge on any atom is 0.252 e. The SMILES string of the molecule is NCC#Cc1cc(F)ccc1C(=O)NCCC1CCC1. The van der Waals surface area contributed by atoms with Gasteiger partial charge in [-0.2, -0.15) is 0 Å². The fourth-order valence-corrected chi connectivity index (χ4v) is 2.23. The average molecular weight is 274 g/mol. The first kappa shape index (κ1) is 14.5. The van der Waals surface area contributed by atoms with Gasteiger partial charge < -0.3 is 11.1 Å². The topological polar surface area (TPSA) is 55.1 Å². The zero-order chi connectivity index (χ0) is 14.4. The fourth-order valence-electron chi connectivity index (χ4n) is 2.23. The summed E-state index contributed by atoms with van der Waals surface area (Å²) in [6.07, 6.45) is 4.84. The molecule has 0 bridgehead atoms. The molecule has 1 aromatic carbocycles. The van der Waals surface area contributed by atoms with Crippen molar-refractivity contribution in [3.05, 3.63) is 35.1 Å². The summed E-state index contributed by atoms with van der Waals surface area (Å²) in [7, 11) is 0. The normalized spacial score (nSPS) is 14.1. The molecular formula is C16H19FN2O. The van der Waals surface area contributed by atoms with Gasteiger partial charge in [-0.1, -0.05) is 31.1 Å². The fraction of sp³-hybridized carbons (Fsp3) is 0.438. The maximum atomic E-state index is 13.2. The standard InChI is InChI=1S/C16H19FN2O/c17-14-6-7-15(13(11-14)5-2-9-18)16(20)19-10-8-12-3-1-4-12/h6-7,11-12H,1,3-4,8-10,18H2,(H,19,20). The molecule has 3 nitrogen and oxygen atoms in total. The molecule has 3 N–H and O–H groups in total. The number of carbonyl (C=O) groups is 1. The van der Waals surface area contributed by atoms with Crippen molar-refractivity contribution in [2.45, 2.75) is 25.7 Å². The predicted molar refractivity (Wildman–Crippen MR) is 76.6 cm³/mol. The van der Waals surface area contributed by atoms with Crippen molar-refractivity contribution in [3.8, 4) is 11.8 Å². The lowest BCUT2D eigenvalue weighted by Crippen LogP contribution is -2.28. The third kappa shape index (κ3) is 3.82. The molecule has 1 amide bonds. The van der Waals surface area contributed by atoms with Crippen LogP contribution in [0.25, 0.3) is 0 Å². The monoisotopic (exact) mass is 274 g/mol. The van der Waals surface area contributed by atoms with Gasteiger partial charge in [0.15, 0.2) is 0 Å². The first-order valence-electron chi connectivity index (χ1n) is 6.97. The Bertz CT molecular complexity index is 541. The van der Waals surface area contributed by atoms with E-state index in [0.717, 1.165) is 12.3 Å². The third-order valence-electron chi connectivity index (χ3n) is 3.61. The number of rotatable bonds is 4. The lowest BCUT2D eigenvalue weighted by atomic mass is 9.83. The van der Waals surface area contributed by atoms with Crippen molar-refractivity contribution >= 4 is 5.91 Å². The molecule has 1 saturated carbocycles. The molecule has 0 aromatic heterocycles. The highest BCUT2D eigenvalue weighted by Crippen LogP contribution is 2.28. The minimum Gasteiger partial charge on any atom is -0.352 e. The Hall–Kier alpha value is -1.86. The van der Waals surface area contributed by atoms with Crippen LogP contribution >= 0.6 is 0 Å². The molecule has 0 aliphatic heterocycles. The molecule has 1 aromatic rings. The van der Waals surface area contributed by atoms with Crippen molar-refractivity contribution < 1.29 is 9.18 Å². The molecule has 20 heavy (non-hydrogen) atoms. The lowest BCUT2D eigenvalue weighted by Gasteiger charge is -2.25. The molecule has 0 radical (unpaired) electrons. The maximum absolute atomic E-state index is 13.2.